The third-order valence-corrected chi connectivity index (χ3v) is 3.34. The highest BCUT2D eigenvalue weighted by Gasteiger charge is 2.32. The van der Waals surface area contributed by atoms with Gasteiger partial charge < -0.3 is 14.7 Å². The SMILES string of the molecule is COc1cc(Cl)c(C)cc1N1CCC(O)C1=O. The zero-order valence-electron chi connectivity index (χ0n) is 9.74. The van der Waals surface area contributed by atoms with Crippen LogP contribution in [-0.2, 0) is 4.79 Å². The number of benzene rings is 1. The molecule has 2 rings (SSSR count). The minimum atomic E-state index is -0.907. The highest BCUT2D eigenvalue weighted by Crippen LogP contribution is 2.35. The first-order valence-electron chi connectivity index (χ1n) is 5.38. The fraction of sp³-hybridized carbons (Fsp3) is 0.417. The first-order valence-corrected chi connectivity index (χ1v) is 5.76. The molecule has 92 valence electrons. The van der Waals surface area contributed by atoms with E-state index in [1.165, 1.54) is 12.0 Å². The topological polar surface area (TPSA) is 49.8 Å². The van der Waals surface area contributed by atoms with Crippen LogP contribution in [0.2, 0.25) is 5.02 Å². The van der Waals surface area contributed by atoms with Gasteiger partial charge >= 0.3 is 0 Å². The molecule has 1 unspecified atom stereocenters. The molecule has 1 heterocycles. The Kier molecular flexibility index (Phi) is 3.26. The van der Waals surface area contributed by atoms with Crippen LogP contribution in [-0.4, -0.2) is 30.8 Å². The molecule has 1 aromatic carbocycles. The number of rotatable bonds is 2. The second-order valence-corrected chi connectivity index (χ2v) is 4.47. The van der Waals surface area contributed by atoms with Crippen LogP contribution >= 0.6 is 11.6 Å². The number of halogens is 1. The Labute approximate surface area is 105 Å². The number of nitrogens with zero attached hydrogens (tertiary/aromatic N) is 1. The predicted octanol–water partition coefficient (Wildman–Crippen LogP) is 1.75. The lowest BCUT2D eigenvalue weighted by molar-refractivity contribution is -0.124. The number of carbonyl (C=O) groups excluding carboxylic acids is 1. The van der Waals surface area contributed by atoms with Crippen molar-refractivity contribution in [2.75, 3.05) is 18.6 Å². The van der Waals surface area contributed by atoms with Gasteiger partial charge in [-0.1, -0.05) is 11.6 Å². The number of aryl methyl sites for hydroxylation is 1. The Morgan fingerprint density at radius 3 is 2.76 bits per heavy atom. The van der Waals surface area contributed by atoms with E-state index in [9.17, 15) is 9.90 Å². The molecule has 0 saturated carbocycles. The molecule has 17 heavy (non-hydrogen) atoms. The molecule has 0 aromatic heterocycles. The number of hydrogen-bond donors (Lipinski definition) is 1. The van der Waals surface area contributed by atoms with Crippen LogP contribution < -0.4 is 9.64 Å². The van der Waals surface area contributed by atoms with Crippen molar-refractivity contribution in [1.29, 1.82) is 0 Å². The van der Waals surface area contributed by atoms with Crippen LogP contribution in [0.3, 0.4) is 0 Å². The number of anilines is 1. The maximum absolute atomic E-state index is 11.8. The van der Waals surface area contributed by atoms with Crippen molar-refractivity contribution in [3.8, 4) is 5.75 Å². The van der Waals surface area contributed by atoms with E-state index in [4.69, 9.17) is 16.3 Å². The summed E-state index contributed by atoms with van der Waals surface area (Å²) in [5.41, 5.74) is 1.53. The zero-order chi connectivity index (χ0) is 12.6. The van der Waals surface area contributed by atoms with Crippen LogP contribution in [0.5, 0.6) is 5.75 Å². The summed E-state index contributed by atoms with van der Waals surface area (Å²) in [5.74, 6) is 0.257. The molecular weight excluding hydrogens is 242 g/mol. The molecule has 1 fully saturated rings. The molecule has 5 heteroatoms. The lowest BCUT2D eigenvalue weighted by Gasteiger charge is -2.20. The number of methoxy groups -OCH3 is 1. The molecule has 1 aliphatic heterocycles. The van der Waals surface area contributed by atoms with Crippen LogP contribution in [0.1, 0.15) is 12.0 Å². The molecule has 1 aliphatic rings. The number of aliphatic hydroxyl groups is 1. The Balaban J connectivity index is 2.44. The average Bonchev–Trinajstić information content (AvgIpc) is 2.63. The van der Waals surface area contributed by atoms with Crippen LogP contribution in [0.4, 0.5) is 5.69 Å². The Hall–Kier alpha value is -1.26. The van der Waals surface area contributed by atoms with E-state index in [0.717, 1.165) is 5.56 Å². The molecule has 1 atom stereocenters. The molecule has 1 aromatic rings. The van der Waals surface area contributed by atoms with Gasteiger partial charge in [0.05, 0.1) is 12.8 Å². The summed E-state index contributed by atoms with van der Waals surface area (Å²) in [6, 6.07) is 3.49. The number of hydrogen-bond acceptors (Lipinski definition) is 3. The smallest absolute Gasteiger partial charge is 0.255 e. The van der Waals surface area contributed by atoms with Gasteiger partial charge in [-0.2, -0.15) is 0 Å². The maximum atomic E-state index is 11.8. The van der Waals surface area contributed by atoms with E-state index < -0.39 is 6.10 Å². The van der Waals surface area contributed by atoms with E-state index in [1.54, 1.807) is 12.1 Å². The lowest BCUT2D eigenvalue weighted by Crippen LogP contribution is -2.29. The van der Waals surface area contributed by atoms with Gasteiger partial charge in [-0.3, -0.25) is 4.79 Å². The molecule has 1 saturated heterocycles. The van der Waals surface area contributed by atoms with Gasteiger partial charge in [0.2, 0.25) is 0 Å². The van der Waals surface area contributed by atoms with Crippen molar-refractivity contribution >= 4 is 23.2 Å². The molecule has 1 amide bonds. The standard InChI is InChI=1S/C12H14ClNO3/c1-7-5-9(11(17-2)6-8(7)13)14-4-3-10(15)12(14)16/h5-6,10,15H,3-4H2,1-2H3. The first-order chi connectivity index (χ1) is 8.04. The van der Waals surface area contributed by atoms with Crippen molar-refractivity contribution in [2.24, 2.45) is 0 Å². The van der Waals surface area contributed by atoms with E-state index >= 15 is 0 Å². The highest BCUT2D eigenvalue weighted by molar-refractivity contribution is 6.31. The van der Waals surface area contributed by atoms with Crippen LogP contribution in [0.25, 0.3) is 0 Å². The quantitative estimate of drug-likeness (QED) is 0.876. The predicted molar refractivity (Wildman–Crippen MR) is 65.7 cm³/mol. The van der Waals surface area contributed by atoms with Crippen molar-refractivity contribution in [2.45, 2.75) is 19.4 Å². The third kappa shape index (κ3) is 2.10. The van der Waals surface area contributed by atoms with Gasteiger partial charge in [-0.25, -0.2) is 0 Å². The number of aliphatic hydroxyl groups excluding tert-OH is 1. The van der Waals surface area contributed by atoms with Crippen LogP contribution in [0, 0.1) is 6.92 Å². The highest BCUT2D eigenvalue weighted by atomic mass is 35.5. The molecule has 4 nitrogen and oxygen atoms in total. The van der Waals surface area contributed by atoms with E-state index in [2.05, 4.69) is 0 Å². The number of ether oxygens (including phenoxy) is 1. The second-order valence-electron chi connectivity index (χ2n) is 4.07. The van der Waals surface area contributed by atoms with Gasteiger partial charge in [0.1, 0.15) is 11.9 Å². The van der Waals surface area contributed by atoms with Crippen molar-refractivity contribution in [1.82, 2.24) is 0 Å². The Bertz CT molecular complexity index is 461. The maximum Gasteiger partial charge on any atom is 0.255 e. The summed E-state index contributed by atoms with van der Waals surface area (Å²) in [6.45, 7) is 2.36. The molecule has 0 bridgehead atoms. The van der Waals surface area contributed by atoms with E-state index in [1.807, 2.05) is 6.92 Å². The normalized spacial score (nSPS) is 19.9. The lowest BCUT2D eigenvalue weighted by atomic mass is 10.2. The van der Waals surface area contributed by atoms with Gasteiger partial charge in [0.25, 0.3) is 5.91 Å². The molecule has 0 aliphatic carbocycles. The largest absolute Gasteiger partial charge is 0.495 e. The van der Waals surface area contributed by atoms with E-state index in [-0.39, 0.29) is 5.91 Å². The molecule has 0 spiro atoms. The molecule has 1 N–H and O–H groups in total. The molecular formula is C12H14ClNO3. The summed E-state index contributed by atoms with van der Waals surface area (Å²) in [7, 11) is 1.53. The summed E-state index contributed by atoms with van der Waals surface area (Å²) < 4.78 is 5.22. The Morgan fingerprint density at radius 1 is 1.53 bits per heavy atom. The third-order valence-electron chi connectivity index (χ3n) is 2.93. The monoisotopic (exact) mass is 255 g/mol. The van der Waals surface area contributed by atoms with Gasteiger partial charge in [-0.15, -0.1) is 0 Å². The van der Waals surface area contributed by atoms with Gasteiger partial charge in [-0.05, 0) is 18.6 Å². The minimum absolute atomic E-state index is 0.287. The first kappa shape index (κ1) is 12.2. The van der Waals surface area contributed by atoms with Crippen molar-refractivity contribution < 1.29 is 14.6 Å². The second kappa shape index (κ2) is 4.55. The summed E-state index contributed by atoms with van der Waals surface area (Å²) in [6.07, 6.45) is -0.459. The minimum Gasteiger partial charge on any atom is -0.495 e. The fourth-order valence-electron chi connectivity index (χ4n) is 1.93. The van der Waals surface area contributed by atoms with Crippen molar-refractivity contribution in [3.05, 3.63) is 22.7 Å². The fourth-order valence-corrected chi connectivity index (χ4v) is 2.08. The molecule has 0 radical (unpaired) electrons. The summed E-state index contributed by atoms with van der Waals surface area (Å²) in [5, 5.41) is 10.1. The van der Waals surface area contributed by atoms with Gasteiger partial charge in [0.15, 0.2) is 0 Å². The van der Waals surface area contributed by atoms with Gasteiger partial charge in [0, 0.05) is 24.1 Å². The number of amides is 1. The zero-order valence-corrected chi connectivity index (χ0v) is 10.5. The summed E-state index contributed by atoms with van der Waals surface area (Å²) in [4.78, 5) is 13.3. The van der Waals surface area contributed by atoms with Crippen molar-refractivity contribution in [3.63, 3.8) is 0 Å². The Morgan fingerprint density at radius 2 is 2.24 bits per heavy atom. The number of carbonyl (C=O) groups is 1. The van der Waals surface area contributed by atoms with E-state index in [0.29, 0.717) is 29.4 Å². The summed E-state index contributed by atoms with van der Waals surface area (Å²) >= 11 is 6.00. The van der Waals surface area contributed by atoms with Crippen LogP contribution in [0.15, 0.2) is 12.1 Å². The average molecular weight is 256 g/mol.